The van der Waals surface area contributed by atoms with Crippen molar-refractivity contribution in [3.63, 3.8) is 0 Å². The predicted molar refractivity (Wildman–Crippen MR) is 80.8 cm³/mol. The number of benzene rings is 1. The average Bonchev–Trinajstić information content (AvgIpc) is 2.47. The first-order valence-corrected chi connectivity index (χ1v) is 7.14. The molecule has 2 atom stereocenters. The number of nitrogens with zero attached hydrogens (tertiary/aromatic N) is 1. The van der Waals surface area contributed by atoms with E-state index in [0.717, 1.165) is 23.7 Å². The summed E-state index contributed by atoms with van der Waals surface area (Å²) in [5, 5.41) is 13.6. The molecule has 0 amide bonds. The Morgan fingerprint density at radius 1 is 1.43 bits per heavy atom. The third kappa shape index (κ3) is 2.83. The molecule has 1 aromatic heterocycles. The van der Waals surface area contributed by atoms with Crippen LogP contribution in [-0.4, -0.2) is 34.8 Å². The number of carbonyl (C=O) groups is 1. The Labute approximate surface area is 123 Å². The zero-order chi connectivity index (χ0) is 14.8. The Balaban J connectivity index is 2.01. The van der Waals surface area contributed by atoms with Gasteiger partial charge in [0.2, 0.25) is 0 Å². The summed E-state index contributed by atoms with van der Waals surface area (Å²) in [6.07, 6.45) is 3.36. The van der Waals surface area contributed by atoms with Gasteiger partial charge in [-0.25, -0.2) is 4.79 Å². The third-order valence-corrected chi connectivity index (χ3v) is 3.84. The summed E-state index contributed by atoms with van der Waals surface area (Å²) >= 11 is 0. The summed E-state index contributed by atoms with van der Waals surface area (Å²) in [6, 6.07) is 7.81. The Hall–Kier alpha value is -2.14. The van der Waals surface area contributed by atoms with Gasteiger partial charge in [-0.3, -0.25) is 4.98 Å². The molecule has 1 saturated heterocycles. The fourth-order valence-corrected chi connectivity index (χ4v) is 2.79. The van der Waals surface area contributed by atoms with Crippen molar-refractivity contribution in [1.29, 1.82) is 0 Å². The zero-order valence-electron chi connectivity index (χ0n) is 11.9. The maximum atomic E-state index is 11.5. The first-order chi connectivity index (χ1) is 10.1. The van der Waals surface area contributed by atoms with Crippen molar-refractivity contribution in [2.75, 3.05) is 11.9 Å². The van der Waals surface area contributed by atoms with Crippen LogP contribution in [0.5, 0.6) is 0 Å². The van der Waals surface area contributed by atoms with E-state index in [4.69, 9.17) is 4.74 Å². The highest BCUT2D eigenvalue weighted by molar-refractivity contribution is 6.04. The number of para-hydroxylation sites is 1. The average molecular weight is 286 g/mol. The lowest BCUT2D eigenvalue weighted by atomic mass is 10.0. The molecule has 2 unspecified atom stereocenters. The van der Waals surface area contributed by atoms with Crippen molar-refractivity contribution in [1.82, 2.24) is 4.98 Å². The van der Waals surface area contributed by atoms with Crippen molar-refractivity contribution in [2.45, 2.75) is 31.9 Å². The van der Waals surface area contributed by atoms with E-state index in [2.05, 4.69) is 10.3 Å². The Bertz CT molecular complexity index is 672. The predicted octanol–water partition coefficient (Wildman–Crippen LogP) is 2.91. The lowest BCUT2D eigenvalue weighted by molar-refractivity contribution is 0.0232. The number of nitrogens with one attached hydrogen (secondary N) is 1. The van der Waals surface area contributed by atoms with Crippen LogP contribution in [0.4, 0.5) is 5.69 Å². The van der Waals surface area contributed by atoms with Crippen LogP contribution in [0, 0.1) is 0 Å². The Morgan fingerprint density at radius 2 is 2.24 bits per heavy atom. The second kappa shape index (κ2) is 5.69. The smallest absolute Gasteiger partial charge is 0.339 e. The number of anilines is 1. The summed E-state index contributed by atoms with van der Waals surface area (Å²) in [5.74, 6) is -0.962. The molecule has 1 aliphatic rings. The van der Waals surface area contributed by atoms with Gasteiger partial charge in [0.1, 0.15) is 5.56 Å². The SMILES string of the molecule is CC1CC(Nc2c(C(=O)O)cnc3ccccc23)CCO1. The van der Waals surface area contributed by atoms with Crippen LogP contribution in [0.1, 0.15) is 30.1 Å². The monoisotopic (exact) mass is 286 g/mol. The fourth-order valence-electron chi connectivity index (χ4n) is 2.79. The Morgan fingerprint density at radius 3 is 3.00 bits per heavy atom. The zero-order valence-corrected chi connectivity index (χ0v) is 11.9. The van der Waals surface area contributed by atoms with E-state index in [1.165, 1.54) is 6.20 Å². The molecule has 5 nitrogen and oxygen atoms in total. The molecule has 2 heterocycles. The molecule has 5 heteroatoms. The molecule has 0 radical (unpaired) electrons. The highest BCUT2D eigenvalue weighted by atomic mass is 16.5. The van der Waals surface area contributed by atoms with Crippen molar-refractivity contribution < 1.29 is 14.6 Å². The van der Waals surface area contributed by atoms with E-state index >= 15 is 0 Å². The first kappa shape index (κ1) is 13.8. The maximum absolute atomic E-state index is 11.5. The maximum Gasteiger partial charge on any atom is 0.339 e. The molecule has 3 rings (SSSR count). The van der Waals surface area contributed by atoms with E-state index in [9.17, 15) is 9.90 Å². The van der Waals surface area contributed by atoms with Crippen LogP contribution in [-0.2, 0) is 4.74 Å². The standard InChI is InChI=1S/C16H18N2O3/c1-10-8-11(6-7-21-10)18-15-12-4-2-3-5-14(12)17-9-13(15)16(19)20/h2-5,9-11H,6-8H2,1H3,(H,17,18)(H,19,20). The van der Waals surface area contributed by atoms with Gasteiger partial charge in [-0.05, 0) is 25.8 Å². The topological polar surface area (TPSA) is 71.5 Å². The molecule has 1 fully saturated rings. The highest BCUT2D eigenvalue weighted by Crippen LogP contribution is 2.28. The number of ether oxygens (including phenoxy) is 1. The fraction of sp³-hybridized carbons (Fsp3) is 0.375. The van der Waals surface area contributed by atoms with Crippen LogP contribution in [0.2, 0.25) is 0 Å². The highest BCUT2D eigenvalue weighted by Gasteiger charge is 2.22. The second-order valence-corrected chi connectivity index (χ2v) is 5.42. The van der Waals surface area contributed by atoms with Crippen LogP contribution in [0.15, 0.2) is 30.5 Å². The summed E-state index contributed by atoms with van der Waals surface area (Å²) < 4.78 is 5.54. The molecule has 0 aliphatic carbocycles. The largest absolute Gasteiger partial charge is 0.478 e. The van der Waals surface area contributed by atoms with Gasteiger partial charge >= 0.3 is 5.97 Å². The second-order valence-electron chi connectivity index (χ2n) is 5.42. The van der Waals surface area contributed by atoms with Crippen LogP contribution in [0.3, 0.4) is 0 Å². The summed E-state index contributed by atoms with van der Waals surface area (Å²) in [4.78, 5) is 15.7. The number of hydrogen-bond acceptors (Lipinski definition) is 4. The molecule has 2 aromatic rings. The summed E-state index contributed by atoms with van der Waals surface area (Å²) in [7, 11) is 0. The van der Waals surface area contributed by atoms with Crippen molar-refractivity contribution >= 4 is 22.6 Å². The lowest BCUT2D eigenvalue weighted by Crippen LogP contribution is -2.33. The molecule has 110 valence electrons. The minimum absolute atomic E-state index is 0.192. The van der Waals surface area contributed by atoms with Gasteiger partial charge in [-0.2, -0.15) is 0 Å². The lowest BCUT2D eigenvalue weighted by Gasteiger charge is -2.29. The van der Waals surface area contributed by atoms with Gasteiger partial charge in [0.25, 0.3) is 0 Å². The van der Waals surface area contributed by atoms with Crippen molar-refractivity contribution in [3.05, 3.63) is 36.0 Å². The van der Waals surface area contributed by atoms with E-state index in [-0.39, 0.29) is 17.7 Å². The molecular formula is C16H18N2O3. The molecule has 1 aliphatic heterocycles. The number of pyridine rings is 1. The van der Waals surface area contributed by atoms with Crippen molar-refractivity contribution in [3.8, 4) is 0 Å². The molecule has 0 spiro atoms. The third-order valence-electron chi connectivity index (χ3n) is 3.84. The summed E-state index contributed by atoms with van der Waals surface area (Å²) in [5.41, 5.74) is 1.67. The number of aromatic carboxylic acids is 1. The molecule has 1 aromatic carbocycles. The Kier molecular flexibility index (Phi) is 3.75. The molecular weight excluding hydrogens is 268 g/mol. The molecule has 21 heavy (non-hydrogen) atoms. The van der Waals surface area contributed by atoms with Crippen molar-refractivity contribution in [2.24, 2.45) is 0 Å². The number of aromatic nitrogens is 1. The number of fused-ring (bicyclic) bond motifs is 1. The number of rotatable bonds is 3. The van der Waals surface area contributed by atoms with E-state index in [1.54, 1.807) is 0 Å². The number of carboxylic acid groups (broad SMARTS) is 1. The van der Waals surface area contributed by atoms with Gasteiger partial charge in [0.15, 0.2) is 0 Å². The first-order valence-electron chi connectivity index (χ1n) is 7.14. The van der Waals surface area contributed by atoms with E-state index in [0.29, 0.717) is 12.3 Å². The van der Waals surface area contributed by atoms with Crippen LogP contribution in [0.25, 0.3) is 10.9 Å². The van der Waals surface area contributed by atoms with Gasteiger partial charge in [-0.1, -0.05) is 18.2 Å². The number of carboxylic acids is 1. The van der Waals surface area contributed by atoms with Gasteiger partial charge in [-0.15, -0.1) is 0 Å². The quantitative estimate of drug-likeness (QED) is 0.907. The minimum Gasteiger partial charge on any atom is -0.478 e. The van der Waals surface area contributed by atoms with Gasteiger partial charge in [0.05, 0.1) is 17.3 Å². The number of hydrogen-bond donors (Lipinski definition) is 2. The normalized spacial score (nSPS) is 22.1. The van der Waals surface area contributed by atoms with Crippen LogP contribution < -0.4 is 5.32 Å². The molecule has 2 N–H and O–H groups in total. The minimum atomic E-state index is -0.962. The van der Waals surface area contributed by atoms with E-state index < -0.39 is 5.97 Å². The van der Waals surface area contributed by atoms with Crippen LogP contribution >= 0.6 is 0 Å². The summed E-state index contributed by atoms with van der Waals surface area (Å²) in [6.45, 7) is 2.74. The van der Waals surface area contributed by atoms with Gasteiger partial charge < -0.3 is 15.2 Å². The molecule has 0 saturated carbocycles. The van der Waals surface area contributed by atoms with E-state index in [1.807, 2.05) is 31.2 Å². The van der Waals surface area contributed by atoms with Gasteiger partial charge in [0, 0.05) is 24.2 Å². The molecule has 0 bridgehead atoms.